The maximum Gasteiger partial charge on any atom is 0.286 e. The fourth-order valence-electron chi connectivity index (χ4n) is 2.70. The Morgan fingerprint density at radius 1 is 1.04 bits per heavy atom. The van der Waals surface area contributed by atoms with Crippen LogP contribution in [0.1, 0.15) is 50.9 Å². The van der Waals surface area contributed by atoms with Crippen LogP contribution < -0.4 is 15.1 Å². The van der Waals surface area contributed by atoms with Crippen LogP contribution in [0.4, 0.5) is 0 Å². The number of nitrogens with one attached hydrogen (secondary N) is 2. The smallest absolute Gasteiger partial charge is 0.286 e. The number of hydrogen-bond acceptors (Lipinski definition) is 4. The molecule has 2 aromatic rings. The Kier molecular flexibility index (Phi) is 7.21. The predicted molar refractivity (Wildman–Crippen MR) is 97.3 cm³/mol. The topological polar surface area (TPSA) is 75.0 Å². The van der Waals surface area contributed by atoms with E-state index in [2.05, 4.69) is 24.5 Å². The lowest BCUT2D eigenvalue weighted by Gasteiger charge is -2.19. The summed E-state index contributed by atoms with van der Waals surface area (Å²) in [4.78, 5) is 12.8. The second-order valence-corrected chi connectivity index (χ2v) is 6.03. The molecule has 0 aliphatic rings. The highest BCUT2D eigenvalue weighted by Crippen LogP contribution is 2.14. The van der Waals surface area contributed by atoms with Crippen molar-refractivity contribution in [3.63, 3.8) is 0 Å². The van der Waals surface area contributed by atoms with E-state index in [0.29, 0.717) is 35.5 Å². The van der Waals surface area contributed by atoms with Crippen LogP contribution in [0.3, 0.4) is 0 Å². The molecule has 6 nitrogen and oxygen atoms in total. The Hall–Kier alpha value is -1.92. The standard InChI is InChI=1S/C18H28N4O2/c1-3-5-11-19-13-17-18(14-20-12-6-4-2)22(24)16-10-8-7-9-15(16)21(17)23/h7-10,19-20H,3-6,11-14H2,1-2H3. The van der Waals surface area contributed by atoms with Crippen LogP contribution in [-0.4, -0.2) is 17.8 Å². The minimum atomic E-state index is 0.404. The molecule has 0 aliphatic carbocycles. The normalized spacial score (nSPS) is 11.2. The van der Waals surface area contributed by atoms with Crippen molar-refractivity contribution >= 4 is 11.0 Å². The summed E-state index contributed by atoms with van der Waals surface area (Å²) in [6.07, 6.45) is 4.28. The first-order valence-corrected chi connectivity index (χ1v) is 8.87. The fourth-order valence-corrected chi connectivity index (χ4v) is 2.70. The molecule has 6 heteroatoms. The van der Waals surface area contributed by atoms with E-state index in [1.165, 1.54) is 0 Å². The van der Waals surface area contributed by atoms with Crippen molar-refractivity contribution in [1.82, 2.24) is 15.4 Å². The lowest BCUT2D eigenvalue weighted by molar-refractivity contribution is -0.476. The van der Waals surface area contributed by atoms with Crippen molar-refractivity contribution in [2.45, 2.75) is 52.6 Å². The zero-order valence-corrected chi connectivity index (χ0v) is 14.7. The number of benzene rings is 1. The molecule has 0 fully saturated rings. The molecular formula is C18H28N4O2. The summed E-state index contributed by atoms with van der Waals surface area (Å²) in [5.41, 5.74) is 1.84. The summed E-state index contributed by atoms with van der Waals surface area (Å²) in [5.74, 6) is 0. The SMILES string of the molecule is CCCCNCc1c(CNCCCC)[n+](=O)c2ccccc2n1[O-]. The van der Waals surface area contributed by atoms with Crippen molar-refractivity contribution < 1.29 is 4.43 Å². The van der Waals surface area contributed by atoms with E-state index in [1.807, 2.05) is 0 Å². The number of hydrogen-bond donors (Lipinski definition) is 2. The Balaban J connectivity index is 2.34. The number of fused-ring (bicyclic) bond motifs is 1. The molecule has 2 rings (SSSR count). The molecule has 0 bridgehead atoms. The lowest BCUT2D eigenvalue weighted by atomic mass is 10.2. The van der Waals surface area contributed by atoms with Crippen molar-refractivity contribution in [2.24, 2.45) is 0 Å². The molecule has 0 amide bonds. The van der Waals surface area contributed by atoms with Gasteiger partial charge in [-0.25, -0.2) is 0 Å². The van der Waals surface area contributed by atoms with Gasteiger partial charge in [-0.3, -0.25) is 0 Å². The van der Waals surface area contributed by atoms with Crippen LogP contribution >= 0.6 is 0 Å². The number of unbranched alkanes of at least 4 members (excludes halogenated alkanes) is 2. The van der Waals surface area contributed by atoms with E-state index in [1.54, 1.807) is 24.3 Å². The first-order chi connectivity index (χ1) is 11.7. The van der Waals surface area contributed by atoms with Crippen LogP contribution in [0.15, 0.2) is 24.3 Å². The minimum absolute atomic E-state index is 0.404. The molecule has 1 aromatic heterocycles. The summed E-state index contributed by atoms with van der Waals surface area (Å²) >= 11 is 0. The van der Waals surface area contributed by atoms with Crippen molar-refractivity contribution in [2.75, 3.05) is 13.1 Å². The quantitative estimate of drug-likeness (QED) is 0.518. The average molecular weight is 332 g/mol. The van der Waals surface area contributed by atoms with E-state index in [-0.39, 0.29) is 0 Å². The van der Waals surface area contributed by atoms with E-state index >= 15 is 0 Å². The molecule has 0 saturated carbocycles. The van der Waals surface area contributed by atoms with Gasteiger partial charge in [-0.05, 0) is 32.0 Å². The zero-order chi connectivity index (χ0) is 17.4. The molecular weight excluding hydrogens is 304 g/mol. The van der Waals surface area contributed by atoms with Gasteiger partial charge in [-0.2, -0.15) is 0 Å². The van der Waals surface area contributed by atoms with Gasteiger partial charge in [0.15, 0.2) is 0 Å². The van der Waals surface area contributed by atoms with Crippen LogP contribution in [-0.2, 0) is 13.1 Å². The van der Waals surface area contributed by atoms with E-state index in [9.17, 15) is 10.1 Å². The maximum absolute atomic E-state index is 12.8. The molecule has 0 radical (unpaired) electrons. The predicted octanol–water partition coefficient (Wildman–Crippen LogP) is 2.68. The third-order valence-electron chi connectivity index (χ3n) is 4.14. The van der Waals surface area contributed by atoms with Gasteiger partial charge in [0.2, 0.25) is 0 Å². The molecule has 0 spiro atoms. The van der Waals surface area contributed by atoms with Gasteiger partial charge in [0, 0.05) is 17.5 Å². The summed E-state index contributed by atoms with van der Waals surface area (Å²) in [6, 6.07) is 6.95. The van der Waals surface area contributed by atoms with Crippen LogP contribution in [0, 0.1) is 10.1 Å². The van der Waals surface area contributed by atoms with E-state index in [0.717, 1.165) is 47.9 Å². The van der Waals surface area contributed by atoms with Gasteiger partial charge in [-0.1, -0.05) is 38.8 Å². The molecule has 0 unspecified atom stereocenters. The molecule has 0 saturated heterocycles. The van der Waals surface area contributed by atoms with E-state index in [4.69, 9.17) is 0 Å². The number of nitrogens with zero attached hydrogens (tertiary/aromatic N) is 2. The number of aromatic nitrogens is 2. The third-order valence-corrected chi connectivity index (χ3v) is 4.14. The molecule has 132 valence electrons. The van der Waals surface area contributed by atoms with Gasteiger partial charge in [0.05, 0.1) is 11.0 Å². The molecule has 0 aliphatic heterocycles. The second kappa shape index (κ2) is 9.39. The number of para-hydroxylation sites is 2. The van der Waals surface area contributed by atoms with Crippen molar-refractivity contribution in [3.8, 4) is 0 Å². The Bertz CT molecular complexity index is 712. The maximum atomic E-state index is 12.8. The second-order valence-electron chi connectivity index (χ2n) is 6.03. The van der Waals surface area contributed by atoms with E-state index < -0.39 is 0 Å². The van der Waals surface area contributed by atoms with Gasteiger partial charge in [-0.15, -0.1) is 0 Å². The highest BCUT2D eigenvalue weighted by atomic mass is 16.5. The lowest BCUT2D eigenvalue weighted by Crippen LogP contribution is -2.34. The summed E-state index contributed by atoms with van der Waals surface area (Å²) in [6.45, 7) is 6.73. The third kappa shape index (κ3) is 4.33. The number of rotatable bonds is 10. The molecule has 0 atom stereocenters. The van der Waals surface area contributed by atoms with Crippen LogP contribution in [0.25, 0.3) is 11.0 Å². The fraction of sp³-hybridized carbons (Fsp3) is 0.556. The molecule has 2 N–H and O–H groups in total. The van der Waals surface area contributed by atoms with Gasteiger partial charge < -0.3 is 20.6 Å². The van der Waals surface area contributed by atoms with Gasteiger partial charge in [0.25, 0.3) is 11.2 Å². The Morgan fingerprint density at radius 3 is 2.33 bits per heavy atom. The first kappa shape index (κ1) is 18.4. The molecule has 1 aromatic carbocycles. The molecule has 1 heterocycles. The Labute approximate surface area is 143 Å². The van der Waals surface area contributed by atoms with Crippen LogP contribution in [0.5, 0.6) is 0 Å². The summed E-state index contributed by atoms with van der Waals surface area (Å²) < 4.78 is 1.80. The first-order valence-electron chi connectivity index (χ1n) is 8.87. The Morgan fingerprint density at radius 2 is 1.67 bits per heavy atom. The zero-order valence-electron chi connectivity index (χ0n) is 14.7. The minimum Gasteiger partial charge on any atom is -0.805 e. The largest absolute Gasteiger partial charge is 0.805 e. The van der Waals surface area contributed by atoms with Gasteiger partial charge >= 0.3 is 0 Å². The van der Waals surface area contributed by atoms with Crippen molar-refractivity contribution in [3.05, 3.63) is 45.8 Å². The monoisotopic (exact) mass is 332 g/mol. The highest BCUT2D eigenvalue weighted by molar-refractivity contribution is 5.72. The summed E-state index contributed by atoms with van der Waals surface area (Å²) in [7, 11) is 0. The summed E-state index contributed by atoms with van der Waals surface area (Å²) in [5, 5.41) is 19.3. The van der Waals surface area contributed by atoms with Gasteiger partial charge in [0.1, 0.15) is 11.2 Å². The molecule has 24 heavy (non-hydrogen) atoms. The average Bonchev–Trinajstić information content (AvgIpc) is 2.61. The van der Waals surface area contributed by atoms with Crippen molar-refractivity contribution in [1.29, 1.82) is 0 Å². The van der Waals surface area contributed by atoms with Crippen LogP contribution in [0.2, 0.25) is 0 Å². The highest BCUT2D eigenvalue weighted by Gasteiger charge is 2.21.